The standard InChI is InChI=1S/C40H24O2/c1-3-12-25(13-4-1)33-24-41-40-31(33)22-23-35-39(40)38-32(20-11-21-34(38)42-35)37-29-18-9-7-16-27(29)36(26-14-5-2-6-15-26)28-17-8-10-19-30(28)37/h1-24H/i2D,5D,6D,7D,8D,9D,10D,14D,15D,16D,17D,18D,19D. The van der Waals surface area contributed by atoms with Crippen molar-refractivity contribution in [2.24, 2.45) is 0 Å². The molecule has 0 saturated heterocycles. The number of benzene rings is 7. The van der Waals surface area contributed by atoms with E-state index in [1.54, 1.807) is 30.5 Å². The van der Waals surface area contributed by atoms with Crippen molar-refractivity contribution in [3.05, 3.63) is 145 Å². The smallest absolute Gasteiger partial charge is 0.146 e. The Morgan fingerprint density at radius 2 is 1.10 bits per heavy atom. The zero-order valence-electron chi connectivity index (χ0n) is 34.7. The molecular formula is C40H24O2. The van der Waals surface area contributed by atoms with Crippen molar-refractivity contribution in [2.45, 2.75) is 0 Å². The van der Waals surface area contributed by atoms with Gasteiger partial charge in [0.2, 0.25) is 0 Å². The quantitative estimate of drug-likeness (QED) is 0.205. The molecule has 0 atom stereocenters. The van der Waals surface area contributed by atoms with Gasteiger partial charge in [0.15, 0.2) is 0 Å². The van der Waals surface area contributed by atoms with Crippen molar-refractivity contribution in [3.63, 3.8) is 0 Å². The summed E-state index contributed by atoms with van der Waals surface area (Å²) in [4.78, 5) is 0. The van der Waals surface area contributed by atoms with E-state index in [2.05, 4.69) is 0 Å². The Labute approximate surface area is 260 Å². The van der Waals surface area contributed by atoms with E-state index in [0.29, 0.717) is 33.1 Å². The van der Waals surface area contributed by atoms with Crippen LogP contribution in [0.1, 0.15) is 17.8 Å². The zero-order chi connectivity index (χ0) is 38.9. The van der Waals surface area contributed by atoms with E-state index in [9.17, 15) is 5.48 Å². The summed E-state index contributed by atoms with van der Waals surface area (Å²) in [5.41, 5.74) is 2.45. The van der Waals surface area contributed by atoms with Crippen molar-refractivity contribution in [1.82, 2.24) is 0 Å². The van der Waals surface area contributed by atoms with Crippen molar-refractivity contribution in [3.8, 4) is 33.4 Å². The van der Waals surface area contributed by atoms with Crippen molar-refractivity contribution >= 4 is 54.5 Å². The van der Waals surface area contributed by atoms with Crippen LogP contribution in [0.25, 0.3) is 87.8 Å². The maximum atomic E-state index is 9.34. The molecule has 2 nitrogen and oxygen atoms in total. The summed E-state index contributed by atoms with van der Waals surface area (Å²) in [6.07, 6.45) is 1.63. The predicted octanol–water partition coefficient (Wildman–Crippen LogP) is 11.6. The summed E-state index contributed by atoms with van der Waals surface area (Å²) in [6, 6.07) is 9.71. The van der Waals surface area contributed by atoms with Crippen LogP contribution in [0.15, 0.2) is 154 Å². The molecular weight excluding hydrogens is 512 g/mol. The van der Waals surface area contributed by atoms with Gasteiger partial charge in [0, 0.05) is 16.3 Å². The van der Waals surface area contributed by atoms with E-state index in [1.807, 2.05) is 36.4 Å². The van der Waals surface area contributed by atoms with Gasteiger partial charge in [0.25, 0.3) is 0 Å². The third-order valence-electron chi connectivity index (χ3n) is 7.68. The molecule has 0 spiro atoms. The Morgan fingerprint density at radius 1 is 0.452 bits per heavy atom. The summed E-state index contributed by atoms with van der Waals surface area (Å²) in [5.74, 6) is 0. The fraction of sp³-hybridized carbons (Fsp3) is 0. The minimum Gasteiger partial charge on any atom is -0.463 e. The van der Waals surface area contributed by atoms with Crippen LogP contribution in [-0.2, 0) is 0 Å². The lowest BCUT2D eigenvalue weighted by molar-refractivity contribution is 0.619. The highest BCUT2D eigenvalue weighted by Crippen LogP contribution is 2.48. The number of rotatable bonds is 3. The van der Waals surface area contributed by atoms with Gasteiger partial charge < -0.3 is 8.83 Å². The number of furan rings is 2. The zero-order valence-corrected chi connectivity index (χ0v) is 21.7. The summed E-state index contributed by atoms with van der Waals surface area (Å²) < 4.78 is 128. The molecule has 196 valence electrons. The molecule has 0 aliphatic carbocycles. The van der Waals surface area contributed by atoms with Crippen molar-refractivity contribution < 1.29 is 26.7 Å². The van der Waals surface area contributed by atoms with E-state index in [-0.39, 0.29) is 32.7 Å². The van der Waals surface area contributed by atoms with Gasteiger partial charge in [-0.15, -0.1) is 0 Å². The van der Waals surface area contributed by atoms with Crippen LogP contribution in [-0.4, -0.2) is 0 Å². The third kappa shape index (κ3) is 3.27. The van der Waals surface area contributed by atoms with Gasteiger partial charge in [-0.05, 0) is 67.6 Å². The van der Waals surface area contributed by atoms with Gasteiger partial charge in [-0.25, -0.2) is 0 Å². The third-order valence-corrected chi connectivity index (χ3v) is 7.68. The molecule has 9 rings (SSSR count). The maximum Gasteiger partial charge on any atom is 0.146 e. The first-order chi connectivity index (χ1) is 26.3. The lowest BCUT2D eigenvalue weighted by atomic mass is 9.85. The highest BCUT2D eigenvalue weighted by Gasteiger charge is 2.22. The Hall–Kier alpha value is -5.60. The largest absolute Gasteiger partial charge is 0.463 e. The molecule has 0 aliphatic heterocycles. The highest BCUT2D eigenvalue weighted by molar-refractivity contribution is 6.28. The van der Waals surface area contributed by atoms with Crippen LogP contribution in [0.2, 0.25) is 0 Å². The van der Waals surface area contributed by atoms with Crippen LogP contribution in [0.4, 0.5) is 0 Å². The minimum atomic E-state index is -0.727. The predicted molar refractivity (Wildman–Crippen MR) is 175 cm³/mol. The summed E-state index contributed by atoms with van der Waals surface area (Å²) in [7, 11) is 0. The lowest BCUT2D eigenvalue weighted by Gasteiger charge is -2.18. The van der Waals surface area contributed by atoms with Crippen LogP contribution in [0.3, 0.4) is 0 Å². The van der Waals surface area contributed by atoms with Gasteiger partial charge in [0.1, 0.15) is 16.7 Å². The Balaban J connectivity index is 1.58. The minimum absolute atomic E-state index is 0.0141. The van der Waals surface area contributed by atoms with Gasteiger partial charge in [-0.2, -0.15) is 0 Å². The monoisotopic (exact) mass is 549 g/mol. The number of hydrogen-bond donors (Lipinski definition) is 0. The van der Waals surface area contributed by atoms with Gasteiger partial charge in [-0.3, -0.25) is 0 Å². The van der Waals surface area contributed by atoms with Gasteiger partial charge in [-0.1, -0.05) is 121 Å². The second-order valence-electron chi connectivity index (χ2n) is 9.86. The van der Waals surface area contributed by atoms with E-state index < -0.39 is 84.1 Å². The molecule has 0 aliphatic rings. The molecule has 0 amide bonds. The fourth-order valence-electron chi connectivity index (χ4n) is 5.96. The topological polar surface area (TPSA) is 26.3 Å². The Kier molecular flexibility index (Phi) is 2.95. The molecule has 2 aromatic heterocycles. The molecule has 7 aromatic carbocycles. The first kappa shape index (κ1) is 13.8. The summed E-state index contributed by atoms with van der Waals surface area (Å²) >= 11 is 0. The summed E-state index contributed by atoms with van der Waals surface area (Å²) in [5, 5.41) is 0.796. The number of fused-ring (bicyclic) bond motifs is 7. The Bertz CT molecular complexity index is 3070. The van der Waals surface area contributed by atoms with Crippen molar-refractivity contribution in [1.29, 1.82) is 0 Å². The second-order valence-corrected chi connectivity index (χ2v) is 9.86. The molecule has 0 saturated carbocycles. The average molecular weight is 550 g/mol. The normalized spacial score (nSPS) is 16.1. The van der Waals surface area contributed by atoms with Crippen molar-refractivity contribution in [2.75, 3.05) is 0 Å². The van der Waals surface area contributed by atoms with Crippen LogP contribution in [0, 0.1) is 0 Å². The first-order valence-electron chi connectivity index (χ1n) is 19.7. The molecule has 0 bridgehead atoms. The SMILES string of the molecule is [2H]c1c([2H])c([2H])c(-c2c3c([2H])c([2H])c([2H])c([2H])c3c(-c3cccc4oc5ccc6c(-c7ccccc7)coc6c5c34)c3c([2H])c([2H])c([2H])c([2H])c23)c([2H])c1[2H]. The van der Waals surface area contributed by atoms with E-state index >= 15 is 0 Å². The van der Waals surface area contributed by atoms with Crippen LogP contribution in [0.5, 0.6) is 0 Å². The Morgan fingerprint density at radius 3 is 1.81 bits per heavy atom. The van der Waals surface area contributed by atoms with E-state index in [0.717, 1.165) is 16.5 Å². The second kappa shape index (κ2) is 8.95. The summed E-state index contributed by atoms with van der Waals surface area (Å²) in [6.45, 7) is 0. The number of hydrogen-bond acceptors (Lipinski definition) is 2. The van der Waals surface area contributed by atoms with Crippen LogP contribution < -0.4 is 0 Å². The molecule has 0 radical (unpaired) electrons. The van der Waals surface area contributed by atoms with Crippen LogP contribution >= 0.6 is 0 Å². The van der Waals surface area contributed by atoms with E-state index in [1.165, 1.54) is 0 Å². The maximum absolute atomic E-state index is 9.34. The molecule has 2 heterocycles. The van der Waals surface area contributed by atoms with E-state index in [4.69, 9.17) is 21.2 Å². The molecule has 42 heavy (non-hydrogen) atoms. The molecule has 0 unspecified atom stereocenters. The molecule has 2 heteroatoms. The molecule has 0 fully saturated rings. The fourth-order valence-corrected chi connectivity index (χ4v) is 5.96. The highest BCUT2D eigenvalue weighted by atomic mass is 16.3. The lowest BCUT2D eigenvalue weighted by Crippen LogP contribution is -1.91. The van der Waals surface area contributed by atoms with Gasteiger partial charge in [0.05, 0.1) is 29.5 Å². The average Bonchev–Trinajstić information content (AvgIpc) is 3.80. The first-order valence-corrected chi connectivity index (χ1v) is 13.2. The molecule has 9 aromatic rings. The molecule has 0 N–H and O–H groups in total. The van der Waals surface area contributed by atoms with Gasteiger partial charge >= 0.3 is 0 Å².